The van der Waals surface area contributed by atoms with Gasteiger partial charge >= 0.3 is 0 Å². The minimum Gasteiger partial charge on any atom is -0.207 e. The van der Waals surface area contributed by atoms with Crippen molar-refractivity contribution in [2.45, 2.75) is 39.5 Å². The highest BCUT2D eigenvalue weighted by Crippen LogP contribution is 2.10. The molecule has 0 aliphatic carbocycles. The molecular weight excluding hydrogens is 287 g/mol. The lowest BCUT2D eigenvalue weighted by atomic mass is 10.1. The molecule has 2 aromatic rings. The van der Waals surface area contributed by atoms with Gasteiger partial charge in [-0.25, -0.2) is 4.39 Å². The van der Waals surface area contributed by atoms with Gasteiger partial charge in [0.05, 0.1) is 12.4 Å². The minimum absolute atomic E-state index is 0.192. The summed E-state index contributed by atoms with van der Waals surface area (Å²) in [6, 6.07) is 13.5. The molecule has 0 bridgehead atoms. The summed E-state index contributed by atoms with van der Waals surface area (Å²) in [6.07, 6.45) is 7.50. The maximum atomic E-state index is 13.7. The Balaban J connectivity index is 1.94. The Labute approximate surface area is 137 Å². The summed E-state index contributed by atoms with van der Waals surface area (Å²) in [5, 5.41) is 8.01. The number of aryl methyl sites for hydroxylation is 2. The molecule has 0 spiro atoms. The van der Waals surface area contributed by atoms with E-state index in [9.17, 15) is 4.39 Å². The van der Waals surface area contributed by atoms with Crippen molar-refractivity contribution in [3.8, 4) is 0 Å². The minimum atomic E-state index is -0.192. The van der Waals surface area contributed by atoms with Crippen molar-refractivity contribution in [3.05, 3.63) is 70.5 Å². The molecule has 120 valence electrons. The highest BCUT2D eigenvalue weighted by atomic mass is 19.1. The molecule has 0 unspecified atom stereocenters. The third kappa shape index (κ3) is 5.44. The fraction of sp³-hybridized carbons (Fsp3) is 0.300. The molecule has 23 heavy (non-hydrogen) atoms. The van der Waals surface area contributed by atoms with Crippen LogP contribution in [0.1, 0.15) is 48.9 Å². The van der Waals surface area contributed by atoms with E-state index in [0.29, 0.717) is 17.5 Å². The third-order valence-corrected chi connectivity index (χ3v) is 3.74. The predicted molar refractivity (Wildman–Crippen MR) is 96.0 cm³/mol. The van der Waals surface area contributed by atoms with Gasteiger partial charge in [-0.2, -0.15) is 10.2 Å². The summed E-state index contributed by atoms with van der Waals surface area (Å²) in [7, 11) is 0. The van der Waals surface area contributed by atoms with Crippen molar-refractivity contribution >= 4 is 12.4 Å². The van der Waals surface area contributed by atoms with Crippen LogP contribution in [0.2, 0.25) is 0 Å². The number of rotatable bonds is 7. The van der Waals surface area contributed by atoms with Crippen LogP contribution in [-0.2, 0) is 12.8 Å². The Hall–Kier alpha value is -2.29. The van der Waals surface area contributed by atoms with Gasteiger partial charge in [0.2, 0.25) is 0 Å². The van der Waals surface area contributed by atoms with Crippen molar-refractivity contribution in [2.24, 2.45) is 10.2 Å². The zero-order valence-corrected chi connectivity index (χ0v) is 13.8. The largest absolute Gasteiger partial charge is 0.207 e. The van der Waals surface area contributed by atoms with Gasteiger partial charge in [-0.3, -0.25) is 0 Å². The lowest BCUT2D eigenvalue weighted by Crippen LogP contribution is -1.90. The van der Waals surface area contributed by atoms with E-state index in [0.717, 1.165) is 12.0 Å². The number of hydrogen-bond acceptors (Lipinski definition) is 2. The van der Waals surface area contributed by atoms with Crippen molar-refractivity contribution in [1.29, 1.82) is 0 Å². The smallest absolute Gasteiger partial charge is 0.127 e. The van der Waals surface area contributed by atoms with Gasteiger partial charge in [-0.1, -0.05) is 56.7 Å². The summed E-state index contributed by atoms with van der Waals surface area (Å²) in [6.45, 7) is 4.13. The molecule has 2 aromatic carbocycles. The normalized spacial score (nSPS) is 11.6. The van der Waals surface area contributed by atoms with Crippen LogP contribution < -0.4 is 0 Å². The van der Waals surface area contributed by atoms with Gasteiger partial charge in [-0.15, -0.1) is 0 Å². The maximum absolute atomic E-state index is 13.7. The van der Waals surface area contributed by atoms with E-state index in [-0.39, 0.29) is 5.82 Å². The highest BCUT2D eigenvalue weighted by molar-refractivity contribution is 5.82. The molecule has 2 nitrogen and oxygen atoms in total. The molecule has 0 N–H and O–H groups in total. The summed E-state index contributed by atoms with van der Waals surface area (Å²) in [4.78, 5) is 0. The van der Waals surface area contributed by atoms with Crippen molar-refractivity contribution < 1.29 is 4.39 Å². The lowest BCUT2D eigenvalue weighted by molar-refractivity contribution is 0.612. The molecule has 0 saturated heterocycles. The standard InChI is InChI=1S/C20H23FN2/c1-3-5-6-16-7-9-17(10-8-16)14-22-23-15-18-11-12-19(4-2)20(21)13-18/h7-15H,3-6H2,1-2H3. The van der Waals surface area contributed by atoms with Gasteiger partial charge in [0.25, 0.3) is 0 Å². The first-order chi connectivity index (χ1) is 11.2. The molecule has 0 amide bonds. The summed E-state index contributed by atoms with van der Waals surface area (Å²) in [5.41, 5.74) is 3.79. The Morgan fingerprint density at radius 3 is 2.17 bits per heavy atom. The van der Waals surface area contributed by atoms with E-state index in [1.807, 2.05) is 25.1 Å². The zero-order chi connectivity index (χ0) is 16.5. The highest BCUT2D eigenvalue weighted by Gasteiger charge is 1.99. The fourth-order valence-corrected chi connectivity index (χ4v) is 2.28. The fourth-order valence-electron chi connectivity index (χ4n) is 2.28. The lowest BCUT2D eigenvalue weighted by Gasteiger charge is -2.00. The van der Waals surface area contributed by atoms with Crippen LogP contribution in [-0.4, -0.2) is 12.4 Å². The maximum Gasteiger partial charge on any atom is 0.127 e. The van der Waals surface area contributed by atoms with E-state index < -0.39 is 0 Å². The van der Waals surface area contributed by atoms with Gasteiger partial charge < -0.3 is 0 Å². The van der Waals surface area contributed by atoms with Crippen LogP contribution in [0.3, 0.4) is 0 Å². The van der Waals surface area contributed by atoms with Crippen LogP contribution in [0.4, 0.5) is 4.39 Å². The van der Waals surface area contributed by atoms with Crippen LogP contribution >= 0.6 is 0 Å². The average Bonchev–Trinajstić information content (AvgIpc) is 2.58. The number of hydrogen-bond donors (Lipinski definition) is 0. The molecule has 0 saturated carbocycles. The predicted octanol–water partition coefficient (Wildman–Crippen LogP) is 5.18. The van der Waals surface area contributed by atoms with Gasteiger partial charge in [0.15, 0.2) is 0 Å². The summed E-state index contributed by atoms with van der Waals surface area (Å²) in [5.74, 6) is -0.192. The first-order valence-electron chi connectivity index (χ1n) is 8.16. The number of unbranched alkanes of at least 4 members (excludes halogenated alkanes) is 1. The van der Waals surface area contributed by atoms with Crippen LogP contribution in [0.5, 0.6) is 0 Å². The van der Waals surface area contributed by atoms with Gasteiger partial charge in [0.1, 0.15) is 5.82 Å². The second-order valence-corrected chi connectivity index (χ2v) is 5.54. The van der Waals surface area contributed by atoms with Crippen molar-refractivity contribution in [1.82, 2.24) is 0 Å². The molecule has 0 aliphatic heterocycles. The van der Waals surface area contributed by atoms with Gasteiger partial charge in [-0.05, 0) is 47.6 Å². The Morgan fingerprint density at radius 2 is 1.57 bits per heavy atom. The zero-order valence-electron chi connectivity index (χ0n) is 13.8. The molecule has 0 aliphatic rings. The molecular formula is C20H23FN2. The molecule has 3 heteroatoms. The van der Waals surface area contributed by atoms with E-state index in [1.165, 1.54) is 24.5 Å². The van der Waals surface area contributed by atoms with E-state index in [4.69, 9.17) is 0 Å². The Kier molecular flexibility index (Phi) is 6.67. The number of halogens is 1. The molecule has 0 atom stereocenters. The Bertz CT molecular complexity index is 673. The van der Waals surface area contributed by atoms with E-state index in [1.54, 1.807) is 18.5 Å². The second kappa shape index (κ2) is 8.99. The number of benzene rings is 2. The van der Waals surface area contributed by atoms with Crippen LogP contribution in [0.15, 0.2) is 52.7 Å². The van der Waals surface area contributed by atoms with Crippen LogP contribution in [0.25, 0.3) is 0 Å². The quantitative estimate of drug-likeness (QED) is 0.497. The molecule has 0 fully saturated rings. The van der Waals surface area contributed by atoms with E-state index in [2.05, 4.69) is 29.3 Å². The second-order valence-electron chi connectivity index (χ2n) is 5.54. The topological polar surface area (TPSA) is 24.7 Å². The van der Waals surface area contributed by atoms with E-state index >= 15 is 0 Å². The monoisotopic (exact) mass is 310 g/mol. The number of nitrogens with zero attached hydrogens (tertiary/aromatic N) is 2. The molecule has 0 aromatic heterocycles. The first-order valence-corrected chi connectivity index (χ1v) is 8.16. The first kappa shape index (κ1) is 17.1. The van der Waals surface area contributed by atoms with Gasteiger partial charge in [0, 0.05) is 0 Å². The molecule has 0 heterocycles. The van der Waals surface area contributed by atoms with Crippen molar-refractivity contribution in [2.75, 3.05) is 0 Å². The molecule has 2 rings (SSSR count). The Morgan fingerprint density at radius 1 is 0.913 bits per heavy atom. The van der Waals surface area contributed by atoms with Crippen LogP contribution in [0, 0.1) is 5.82 Å². The summed E-state index contributed by atoms with van der Waals surface area (Å²) >= 11 is 0. The average molecular weight is 310 g/mol. The SMILES string of the molecule is CCCCc1ccc(C=NN=Cc2ccc(CC)c(F)c2)cc1. The summed E-state index contributed by atoms with van der Waals surface area (Å²) < 4.78 is 13.7. The third-order valence-electron chi connectivity index (χ3n) is 3.74. The molecule has 0 radical (unpaired) electrons. The van der Waals surface area contributed by atoms with Crippen molar-refractivity contribution in [3.63, 3.8) is 0 Å².